The van der Waals surface area contributed by atoms with Crippen LogP contribution >= 0.6 is 0 Å². The van der Waals surface area contributed by atoms with Crippen LogP contribution < -0.4 is 10.1 Å². The molecule has 1 N–H and O–H groups in total. The average Bonchev–Trinajstić information content (AvgIpc) is 3.09. The lowest BCUT2D eigenvalue weighted by molar-refractivity contribution is -0.385. The monoisotopic (exact) mass is 380 g/mol. The summed E-state index contributed by atoms with van der Waals surface area (Å²) in [4.78, 5) is 22.8. The Morgan fingerprint density at radius 1 is 1.25 bits per heavy atom. The number of carbonyl (C=O) groups excluding carboxylic acids is 1. The Kier molecular flexibility index (Phi) is 5.69. The molecule has 3 aromatic rings. The van der Waals surface area contributed by atoms with Crippen molar-refractivity contribution in [2.45, 2.75) is 20.1 Å². The maximum Gasteiger partial charge on any atom is 0.272 e. The predicted molar refractivity (Wildman–Crippen MR) is 103 cm³/mol. The fourth-order valence-electron chi connectivity index (χ4n) is 2.74. The van der Waals surface area contributed by atoms with Crippen LogP contribution in [0.5, 0.6) is 5.75 Å². The summed E-state index contributed by atoms with van der Waals surface area (Å²) in [6.45, 7) is 2.31. The van der Waals surface area contributed by atoms with Crippen LogP contribution in [-0.4, -0.2) is 20.6 Å². The third-order valence-corrected chi connectivity index (χ3v) is 4.17. The second kappa shape index (κ2) is 8.34. The molecular formula is C20H20N4O4. The van der Waals surface area contributed by atoms with Crippen molar-refractivity contribution >= 4 is 11.6 Å². The molecule has 2 aromatic carbocycles. The molecule has 144 valence electrons. The van der Waals surface area contributed by atoms with Crippen LogP contribution in [0.3, 0.4) is 0 Å². The zero-order valence-electron chi connectivity index (χ0n) is 15.6. The largest absolute Gasteiger partial charge is 0.489 e. The molecule has 0 radical (unpaired) electrons. The Bertz CT molecular complexity index is 1010. The lowest BCUT2D eigenvalue weighted by Crippen LogP contribution is -2.22. The molecule has 0 aliphatic heterocycles. The van der Waals surface area contributed by atoms with Crippen LogP contribution in [0, 0.1) is 17.0 Å². The van der Waals surface area contributed by atoms with Gasteiger partial charge < -0.3 is 10.1 Å². The number of hydrogen-bond donors (Lipinski definition) is 1. The fraction of sp³-hybridized carbons (Fsp3) is 0.200. The normalized spacial score (nSPS) is 10.5. The first-order valence-corrected chi connectivity index (χ1v) is 8.65. The number of nitro benzene ring substituents is 1. The zero-order chi connectivity index (χ0) is 20.1. The summed E-state index contributed by atoms with van der Waals surface area (Å²) in [6.07, 6.45) is 3.55. The Morgan fingerprint density at radius 2 is 2.07 bits per heavy atom. The van der Waals surface area contributed by atoms with E-state index in [1.54, 1.807) is 48.1 Å². The third kappa shape index (κ3) is 4.73. The van der Waals surface area contributed by atoms with Crippen molar-refractivity contribution in [1.82, 2.24) is 15.1 Å². The first kappa shape index (κ1) is 19.1. The van der Waals surface area contributed by atoms with E-state index in [0.717, 1.165) is 11.1 Å². The Labute approximate surface area is 161 Å². The summed E-state index contributed by atoms with van der Waals surface area (Å²) < 4.78 is 7.39. The number of benzene rings is 2. The number of amides is 1. The topological polar surface area (TPSA) is 99.3 Å². The highest BCUT2D eigenvalue weighted by Crippen LogP contribution is 2.23. The molecule has 8 nitrogen and oxygen atoms in total. The van der Waals surface area contributed by atoms with Crippen molar-refractivity contribution in [3.63, 3.8) is 0 Å². The van der Waals surface area contributed by atoms with E-state index in [0.29, 0.717) is 23.4 Å². The zero-order valence-corrected chi connectivity index (χ0v) is 15.6. The maximum atomic E-state index is 12.4. The van der Waals surface area contributed by atoms with Gasteiger partial charge in [0.05, 0.1) is 11.1 Å². The van der Waals surface area contributed by atoms with Crippen LogP contribution in [0.15, 0.2) is 54.9 Å². The Hall–Kier alpha value is -3.68. The highest BCUT2D eigenvalue weighted by atomic mass is 16.6. The van der Waals surface area contributed by atoms with Gasteiger partial charge >= 0.3 is 0 Å². The number of hydrogen-bond acceptors (Lipinski definition) is 5. The van der Waals surface area contributed by atoms with Gasteiger partial charge in [-0.1, -0.05) is 12.1 Å². The number of carbonyl (C=O) groups is 1. The highest BCUT2D eigenvalue weighted by Gasteiger charge is 2.11. The van der Waals surface area contributed by atoms with Gasteiger partial charge in [-0.05, 0) is 36.8 Å². The van der Waals surface area contributed by atoms with Gasteiger partial charge in [-0.15, -0.1) is 0 Å². The number of ether oxygens (including phenoxy) is 1. The molecule has 1 heterocycles. The van der Waals surface area contributed by atoms with Gasteiger partial charge in [0, 0.05) is 42.5 Å². The molecule has 0 fully saturated rings. The van der Waals surface area contributed by atoms with E-state index in [9.17, 15) is 14.9 Å². The molecule has 0 bridgehead atoms. The van der Waals surface area contributed by atoms with Crippen molar-refractivity contribution in [2.24, 2.45) is 7.05 Å². The van der Waals surface area contributed by atoms with Crippen molar-refractivity contribution in [3.8, 4) is 5.75 Å². The first-order valence-electron chi connectivity index (χ1n) is 8.65. The minimum absolute atomic E-state index is 0.0552. The third-order valence-electron chi connectivity index (χ3n) is 4.17. The number of nitrogens with zero attached hydrogens (tertiary/aromatic N) is 3. The molecule has 0 aliphatic carbocycles. The Balaban J connectivity index is 1.60. The van der Waals surface area contributed by atoms with E-state index in [-0.39, 0.29) is 18.2 Å². The minimum atomic E-state index is -0.424. The SMILES string of the molecule is Cc1cc(OCc2cccc(C(=O)NCc3cnn(C)c3)c2)ccc1[N+](=O)[O-]. The molecule has 1 aromatic heterocycles. The van der Waals surface area contributed by atoms with Crippen molar-refractivity contribution in [3.05, 3.63) is 87.2 Å². The van der Waals surface area contributed by atoms with E-state index < -0.39 is 4.92 Å². The molecule has 0 saturated heterocycles. The summed E-state index contributed by atoms with van der Waals surface area (Å²) >= 11 is 0. The maximum absolute atomic E-state index is 12.4. The van der Waals surface area contributed by atoms with Gasteiger partial charge in [0.15, 0.2) is 0 Å². The van der Waals surface area contributed by atoms with E-state index >= 15 is 0 Å². The summed E-state index contributed by atoms with van der Waals surface area (Å²) in [5.41, 5.74) is 2.87. The standard InChI is InChI=1S/C20H20N4O4/c1-14-8-18(6-7-19(14)24(26)27)28-13-15-4-3-5-17(9-15)20(25)21-10-16-11-22-23(2)12-16/h3-9,11-12H,10,13H2,1-2H3,(H,21,25). The van der Waals surface area contributed by atoms with E-state index in [1.807, 2.05) is 19.3 Å². The van der Waals surface area contributed by atoms with E-state index in [4.69, 9.17) is 4.74 Å². The molecule has 3 rings (SSSR count). The summed E-state index contributed by atoms with van der Waals surface area (Å²) in [5.74, 6) is 0.353. The summed E-state index contributed by atoms with van der Waals surface area (Å²) in [6, 6.07) is 11.8. The smallest absolute Gasteiger partial charge is 0.272 e. The molecule has 0 spiro atoms. The molecule has 0 atom stereocenters. The van der Waals surface area contributed by atoms with Crippen LogP contribution in [0.25, 0.3) is 0 Å². The Morgan fingerprint density at radius 3 is 2.75 bits per heavy atom. The first-order chi connectivity index (χ1) is 13.4. The van der Waals surface area contributed by atoms with Gasteiger partial charge in [-0.3, -0.25) is 19.6 Å². The van der Waals surface area contributed by atoms with Gasteiger partial charge in [0.1, 0.15) is 12.4 Å². The van der Waals surface area contributed by atoms with Crippen molar-refractivity contribution in [2.75, 3.05) is 0 Å². The lowest BCUT2D eigenvalue weighted by Gasteiger charge is -2.09. The van der Waals surface area contributed by atoms with Gasteiger partial charge in [-0.2, -0.15) is 5.10 Å². The van der Waals surface area contributed by atoms with Crippen LogP contribution in [-0.2, 0) is 20.2 Å². The number of aromatic nitrogens is 2. The predicted octanol–water partition coefficient (Wildman–Crippen LogP) is 3.15. The van der Waals surface area contributed by atoms with Crippen molar-refractivity contribution < 1.29 is 14.5 Å². The number of nitrogens with one attached hydrogen (secondary N) is 1. The van der Waals surface area contributed by atoms with E-state index in [1.165, 1.54) is 6.07 Å². The van der Waals surface area contributed by atoms with Crippen molar-refractivity contribution in [1.29, 1.82) is 0 Å². The second-order valence-electron chi connectivity index (χ2n) is 6.40. The summed E-state index contributed by atoms with van der Waals surface area (Å²) in [5, 5.41) is 17.8. The number of nitro groups is 1. The van der Waals surface area contributed by atoms with Gasteiger partial charge in [0.25, 0.3) is 11.6 Å². The number of aryl methyl sites for hydroxylation is 2. The molecule has 8 heteroatoms. The minimum Gasteiger partial charge on any atom is -0.489 e. The average molecular weight is 380 g/mol. The molecule has 0 aliphatic rings. The summed E-state index contributed by atoms with van der Waals surface area (Å²) in [7, 11) is 1.82. The highest BCUT2D eigenvalue weighted by molar-refractivity contribution is 5.94. The van der Waals surface area contributed by atoms with E-state index in [2.05, 4.69) is 10.4 Å². The molecule has 1 amide bonds. The van der Waals surface area contributed by atoms with Crippen LogP contribution in [0.2, 0.25) is 0 Å². The fourth-order valence-corrected chi connectivity index (χ4v) is 2.74. The molecular weight excluding hydrogens is 360 g/mol. The molecule has 0 saturated carbocycles. The quantitative estimate of drug-likeness (QED) is 0.501. The second-order valence-corrected chi connectivity index (χ2v) is 6.40. The lowest BCUT2D eigenvalue weighted by atomic mass is 10.1. The van der Waals surface area contributed by atoms with Gasteiger partial charge in [0.2, 0.25) is 0 Å². The van der Waals surface area contributed by atoms with Crippen LogP contribution in [0.1, 0.15) is 27.0 Å². The molecule has 28 heavy (non-hydrogen) atoms. The number of rotatable bonds is 7. The molecule has 0 unspecified atom stereocenters. The van der Waals surface area contributed by atoms with Gasteiger partial charge in [-0.25, -0.2) is 0 Å². The van der Waals surface area contributed by atoms with Crippen LogP contribution in [0.4, 0.5) is 5.69 Å².